The lowest BCUT2D eigenvalue weighted by Gasteiger charge is -2.39. The van der Waals surface area contributed by atoms with Gasteiger partial charge in [-0.05, 0) is 39.0 Å². The highest BCUT2D eigenvalue weighted by molar-refractivity contribution is 6.24. The smallest absolute Gasteiger partial charge is 0.0864 e. The SMILES string of the molecule is C=CCC1CCCC1(O)C(C)(C)Cl. The fourth-order valence-corrected chi connectivity index (χ4v) is 2.61. The van der Waals surface area contributed by atoms with Gasteiger partial charge in [0.2, 0.25) is 0 Å². The van der Waals surface area contributed by atoms with Gasteiger partial charge < -0.3 is 5.11 Å². The quantitative estimate of drug-likeness (QED) is 0.551. The second-order valence-corrected chi connectivity index (χ2v) is 5.46. The van der Waals surface area contributed by atoms with Crippen molar-refractivity contribution in [2.24, 2.45) is 5.92 Å². The van der Waals surface area contributed by atoms with E-state index >= 15 is 0 Å². The summed E-state index contributed by atoms with van der Waals surface area (Å²) in [5.41, 5.74) is -0.706. The Hall–Kier alpha value is -0.0100. The molecule has 2 unspecified atom stereocenters. The number of alkyl halides is 1. The molecule has 0 saturated heterocycles. The van der Waals surface area contributed by atoms with Gasteiger partial charge in [-0.1, -0.05) is 12.5 Å². The van der Waals surface area contributed by atoms with E-state index in [1.807, 2.05) is 19.9 Å². The molecule has 0 aliphatic heterocycles. The fraction of sp³-hybridized carbons (Fsp3) is 0.818. The lowest BCUT2D eigenvalue weighted by Crippen LogP contribution is -2.48. The van der Waals surface area contributed by atoms with E-state index in [9.17, 15) is 5.11 Å². The molecule has 1 aliphatic carbocycles. The largest absolute Gasteiger partial charge is 0.388 e. The van der Waals surface area contributed by atoms with Crippen LogP contribution in [0, 0.1) is 5.92 Å². The molecule has 13 heavy (non-hydrogen) atoms. The van der Waals surface area contributed by atoms with Crippen LogP contribution in [-0.4, -0.2) is 15.6 Å². The van der Waals surface area contributed by atoms with Crippen LogP contribution in [0.3, 0.4) is 0 Å². The molecule has 0 heterocycles. The molecular weight excluding hydrogens is 184 g/mol. The molecule has 0 aromatic heterocycles. The summed E-state index contributed by atoms with van der Waals surface area (Å²) in [4.78, 5) is -0.531. The van der Waals surface area contributed by atoms with Crippen LogP contribution in [0.1, 0.15) is 39.5 Å². The highest BCUT2D eigenvalue weighted by Gasteiger charge is 2.50. The first-order chi connectivity index (χ1) is 5.92. The molecule has 2 heteroatoms. The minimum absolute atomic E-state index is 0.289. The van der Waals surface area contributed by atoms with Gasteiger partial charge in [0.05, 0.1) is 10.5 Å². The zero-order chi connectivity index (χ0) is 10.1. The first-order valence-corrected chi connectivity index (χ1v) is 5.32. The standard InChI is InChI=1S/C11H19ClO/c1-4-6-9-7-5-8-11(9,13)10(2,3)12/h4,9,13H,1,5-8H2,2-3H3. The predicted octanol–water partition coefficient (Wildman–Crippen LogP) is 3.11. The minimum Gasteiger partial charge on any atom is -0.388 e. The van der Waals surface area contributed by atoms with Crippen LogP contribution in [0.5, 0.6) is 0 Å². The van der Waals surface area contributed by atoms with E-state index in [2.05, 4.69) is 6.58 Å². The average Bonchev–Trinajstić information content (AvgIpc) is 2.33. The molecule has 0 amide bonds. The van der Waals surface area contributed by atoms with Crippen molar-refractivity contribution in [1.29, 1.82) is 0 Å². The van der Waals surface area contributed by atoms with Crippen molar-refractivity contribution < 1.29 is 5.11 Å². The van der Waals surface area contributed by atoms with Crippen molar-refractivity contribution in [3.8, 4) is 0 Å². The first kappa shape index (κ1) is 11.1. The minimum atomic E-state index is -0.706. The zero-order valence-electron chi connectivity index (χ0n) is 8.52. The maximum Gasteiger partial charge on any atom is 0.0864 e. The van der Waals surface area contributed by atoms with Crippen molar-refractivity contribution in [1.82, 2.24) is 0 Å². The Kier molecular flexibility index (Phi) is 3.09. The van der Waals surface area contributed by atoms with Gasteiger partial charge in [-0.25, -0.2) is 0 Å². The number of aliphatic hydroxyl groups is 1. The molecule has 1 nitrogen and oxygen atoms in total. The van der Waals surface area contributed by atoms with E-state index in [0.717, 1.165) is 25.7 Å². The number of hydrogen-bond acceptors (Lipinski definition) is 1. The molecule has 1 fully saturated rings. The fourth-order valence-electron chi connectivity index (χ4n) is 2.36. The van der Waals surface area contributed by atoms with Crippen LogP contribution >= 0.6 is 11.6 Å². The van der Waals surface area contributed by atoms with Crippen molar-refractivity contribution >= 4 is 11.6 Å². The lowest BCUT2D eigenvalue weighted by atomic mass is 9.79. The monoisotopic (exact) mass is 202 g/mol. The summed E-state index contributed by atoms with van der Waals surface area (Å²) in [6, 6.07) is 0. The van der Waals surface area contributed by atoms with Gasteiger partial charge in [0.25, 0.3) is 0 Å². The molecule has 1 rings (SSSR count). The van der Waals surface area contributed by atoms with E-state index in [0.29, 0.717) is 0 Å². The molecule has 0 bridgehead atoms. The Morgan fingerprint density at radius 1 is 1.69 bits per heavy atom. The van der Waals surface area contributed by atoms with Crippen molar-refractivity contribution in [3.05, 3.63) is 12.7 Å². The summed E-state index contributed by atoms with van der Waals surface area (Å²) < 4.78 is 0. The van der Waals surface area contributed by atoms with Gasteiger partial charge in [-0.2, -0.15) is 0 Å². The molecule has 1 aliphatic rings. The van der Waals surface area contributed by atoms with Crippen LogP contribution in [0.25, 0.3) is 0 Å². The summed E-state index contributed by atoms with van der Waals surface area (Å²) in [5, 5.41) is 10.4. The van der Waals surface area contributed by atoms with Crippen LogP contribution in [0.4, 0.5) is 0 Å². The third-order valence-corrected chi connectivity index (χ3v) is 3.59. The second-order valence-electron chi connectivity index (χ2n) is 4.51. The topological polar surface area (TPSA) is 20.2 Å². The van der Waals surface area contributed by atoms with E-state index in [4.69, 9.17) is 11.6 Å². The van der Waals surface area contributed by atoms with Gasteiger partial charge in [-0.3, -0.25) is 0 Å². The summed E-state index contributed by atoms with van der Waals surface area (Å²) >= 11 is 6.23. The van der Waals surface area contributed by atoms with Crippen molar-refractivity contribution in [2.75, 3.05) is 0 Å². The lowest BCUT2D eigenvalue weighted by molar-refractivity contribution is -0.0262. The highest BCUT2D eigenvalue weighted by atomic mass is 35.5. The van der Waals surface area contributed by atoms with Gasteiger partial charge in [0.15, 0.2) is 0 Å². The van der Waals surface area contributed by atoms with Crippen molar-refractivity contribution in [3.63, 3.8) is 0 Å². The first-order valence-electron chi connectivity index (χ1n) is 4.94. The normalized spacial score (nSPS) is 34.9. The van der Waals surface area contributed by atoms with Crippen LogP contribution in [-0.2, 0) is 0 Å². The van der Waals surface area contributed by atoms with Gasteiger partial charge in [-0.15, -0.1) is 18.2 Å². The number of hydrogen-bond donors (Lipinski definition) is 1. The molecule has 1 N–H and O–H groups in total. The van der Waals surface area contributed by atoms with E-state index < -0.39 is 10.5 Å². The van der Waals surface area contributed by atoms with E-state index in [1.54, 1.807) is 0 Å². The maximum absolute atomic E-state index is 10.4. The molecule has 0 spiro atoms. The molecule has 2 atom stereocenters. The Bertz CT molecular complexity index is 195. The number of allylic oxidation sites excluding steroid dienone is 1. The van der Waals surface area contributed by atoms with Crippen molar-refractivity contribution in [2.45, 2.75) is 50.0 Å². The molecule has 0 aromatic rings. The molecule has 76 valence electrons. The summed E-state index contributed by atoms with van der Waals surface area (Å²) in [6.45, 7) is 7.52. The van der Waals surface area contributed by atoms with Crippen LogP contribution in [0.2, 0.25) is 0 Å². The van der Waals surface area contributed by atoms with E-state index in [-0.39, 0.29) is 5.92 Å². The zero-order valence-corrected chi connectivity index (χ0v) is 9.27. The molecule has 0 radical (unpaired) electrons. The van der Waals surface area contributed by atoms with Crippen LogP contribution in [0.15, 0.2) is 12.7 Å². The third-order valence-electron chi connectivity index (χ3n) is 3.27. The molecule has 0 aromatic carbocycles. The number of halogens is 1. The second kappa shape index (κ2) is 3.62. The van der Waals surface area contributed by atoms with E-state index in [1.165, 1.54) is 0 Å². The predicted molar refractivity (Wildman–Crippen MR) is 57.0 cm³/mol. The Labute approximate surface area is 85.8 Å². The molecule has 1 saturated carbocycles. The summed E-state index contributed by atoms with van der Waals surface area (Å²) in [5.74, 6) is 0.289. The Balaban J connectivity index is 2.81. The Morgan fingerprint density at radius 3 is 2.77 bits per heavy atom. The highest BCUT2D eigenvalue weighted by Crippen LogP contribution is 2.47. The van der Waals surface area contributed by atoms with Gasteiger partial charge in [0, 0.05) is 0 Å². The van der Waals surface area contributed by atoms with Gasteiger partial charge in [0.1, 0.15) is 0 Å². The van der Waals surface area contributed by atoms with Gasteiger partial charge >= 0.3 is 0 Å². The molecular formula is C11H19ClO. The number of rotatable bonds is 3. The average molecular weight is 203 g/mol. The Morgan fingerprint density at radius 2 is 2.31 bits per heavy atom. The van der Waals surface area contributed by atoms with Crippen LogP contribution < -0.4 is 0 Å². The third kappa shape index (κ3) is 1.92. The maximum atomic E-state index is 10.4. The summed E-state index contributed by atoms with van der Waals surface area (Å²) in [6.07, 6.45) is 5.71. The summed E-state index contributed by atoms with van der Waals surface area (Å²) in [7, 11) is 0.